The van der Waals surface area contributed by atoms with E-state index in [2.05, 4.69) is 14.9 Å². The minimum atomic E-state index is -0.300. The summed E-state index contributed by atoms with van der Waals surface area (Å²) in [5.74, 6) is 0.450. The molecule has 4 nitrogen and oxygen atoms in total. The van der Waals surface area contributed by atoms with Gasteiger partial charge in [0.2, 0.25) is 0 Å². The quantitative estimate of drug-likeness (QED) is 0.824. The Kier molecular flexibility index (Phi) is 2.57. The second-order valence-corrected chi connectivity index (χ2v) is 4.50. The summed E-state index contributed by atoms with van der Waals surface area (Å²) in [7, 11) is 0. The lowest BCUT2D eigenvalue weighted by atomic mass is 10.3. The van der Waals surface area contributed by atoms with Crippen LogP contribution in [-0.4, -0.2) is 39.2 Å². The topological polar surface area (TPSA) is 52.1 Å². The fourth-order valence-corrected chi connectivity index (χ4v) is 2.29. The maximum absolute atomic E-state index is 13.4. The highest BCUT2D eigenvalue weighted by Crippen LogP contribution is 2.17. The van der Waals surface area contributed by atoms with E-state index >= 15 is 0 Å². The number of H-pyrrole nitrogens is 1. The van der Waals surface area contributed by atoms with Crippen molar-refractivity contribution in [2.24, 2.45) is 0 Å². The molecule has 1 fully saturated rings. The fourth-order valence-electron chi connectivity index (χ4n) is 2.29. The highest BCUT2D eigenvalue weighted by Gasteiger charge is 2.21. The number of likely N-dealkylation sites (tertiary alicyclic amines) is 1. The molecule has 17 heavy (non-hydrogen) atoms. The van der Waals surface area contributed by atoms with Gasteiger partial charge in [0.15, 0.2) is 5.82 Å². The first-order valence-electron chi connectivity index (χ1n) is 5.76. The molecule has 0 spiro atoms. The van der Waals surface area contributed by atoms with Crippen LogP contribution in [-0.2, 0) is 6.54 Å². The Morgan fingerprint density at radius 2 is 2.41 bits per heavy atom. The van der Waals surface area contributed by atoms with Gasteiger partial charge in [-0.3, -0.25) is 4.90 Å². The number of nitrogens with zero attached hydrogens (tertiary/aromatic N) is 2. The SMILES string of the molecule is OC1CCN(Cc2nc3c(F)cccc3[nH]2)C1. The number of aliphatic hydroxyl groups is 1. The van der Waals surface area contributed by atoms with Gasteiger partial charge in [-0.15, -0.1) is 0 Å². The number of aliphatic hydroxyl groups excluding tert-OH is 1. The van der Waals surface area contributed by atoms with Gasteiger partial charge in [-0.2, -0.15) is 0 Å². The van der Waals surface area contributed by atoms with Gasteiger partial charge in [0, 0.05) is 13.1 Å². The molecule has 3 rings (SSSR count). The van der Waals surface area contributed by atoms with Gasteiger partial charge >= 0.3 is 0 Å². The third-order valence-electron chi connectivity index (χ3n) is 3.13. The van der Waals surface area contributed by atoms with Gasteiger partial charge in [0.05, 0.1) is 18.2 Å². The van der Waals surface area contributed by atoms with Crippen LogP contribution in [0.4, 0.5) is 4.39 Å². The smallest absolute Gasteiger partial charge is 0.151 e. The summed E-state index contributed by atoms with van der Waals surface area (Å²) in [6.45, 7) is 2.16. The molecular weight excluding hydrogens is 221 g/mol. The average molecular weight is 235 g/mol. The molecule has 1 aliphatic heterocycles. The maximum atomic E-state index is 13.4. The van der Waals surface area contributed by atoms with Gasteiger partial charge < -0.3 is 10.1 Å². The highest BCUT2D eigenvalue weighted by atomic mass is 19.1. The van der Waals surface area contributed by atoms with Crippen LogP contribution in [0.1, 0.15) is 12.2 Å². The third kappa shape index (κ3) is 2.03. The number of imidazole rings is 1. The van der Waals surface area contributed by atoms with Crippen LogP contribution in [0.25, 0.3) is 11.0 Å². The zero-order chi connectivity index (χ0) is 11.8. The molecular formula is C12H14FN3O. The van der Waals surface area contributed by atoms with Crippen LogP contribution < -0.4 is 0 Å². The summed E-state index contributed by atoms with van der Waals surface area (Å²) in [6.07, 6.45) is 0.560. The summed E-state index contributed by atoms with van der Waals surface area (Å²) in [5, 5.41) is 9.43. The molecule has 0 saturated carbocycles. The molecule has 1 saturated heterocycles. The average Bonchev–Trinajstić information content (AvgIpc) is 2.86. The molecule has 2 heterocycles. The predicted molar refractivity (Wildman–Crippen MR) is 62.0 cm³/mol. The number of benzene rings is 1. The number of aromatic amines is 1. The van der Waals surface area contributed by atoms with Crippen molar-refractivity contribution in [1.82, 2.24) is 14.9 Å². The normalized spacial score (nSPS) is 21.4. The first-order chi connectivity index (χ1) is 8.22. The van der Waals surface area contributed by atoms with Crippen molar-refractivity contribution in [3.05, 3.63) is 29.8 Å². The molecule has 0 bridgehead atoms. The standard InChI is InChI=1S/C12H14FN3O/c13-9-2-1-3-10-12(9)15-11(14-10)7-16-5-4-8(17)6-16/h1-3,8,17H,4-7H2,(H,14,15). The zero-order valence-corrected chi connectivity index (χ0v) is 9.36. The number of rotatable bonds is 2. The van der Waals surface area contributed by atoms with Gasteiger partial charge in [0.1, 0.15) is 11.3 Å². The zero-order valence-electron chi connectivity index (χ0n) is 9.36. The van der Waals surface area contributed by atoms with Crippen molar-refractivity contribution >= 4 is 11.0 Å². The number of halogens is 1. The third-order valence-corrected chi connectivity index (χ3v) is 3.13. The van der Waals surface area contributed by atoms with Crippen molar-refractivity contribution < 1.29 is 9.50 Å². The summed E-state index contributed by atoms with van der Waals surface area (Å²) in [4.78, 5) is 9.46. The molecule has 1 aromatic heterocycles. The van der Waals surface area contributed by atoms with Crippen molar-refractivity contribution in [3.8, 4) is 0 Å². The van der Waals surface area contributed by atoms with E-state index in [9.17, 15) is 9.50 Å². The Labute approximate surface area is 98.1 Å². The van der Waals surface area contributed by atoms with E-state index in [0.717, 1.165) is 24.3 Å². The van der Waals surface area contributed by atoms with Crippen molar-refractivity contribution in [1.29, 1.82) is 0 Å². The lowest BCUT2D eigenvalue weighted by Crippen LogP contribution is -2.22. The number of para-hydroxylation sites is 1. The van der Waals surface area contributed by atoms with Crippen molar-refractivity contribution in [2.45, 2.75) is 19.1 Å². The minimum Gasteiger partial charge on any atom is -0.392 e. The van der Waals surface area contributed by atoms with E-state index in [1.165, 1.54) is 6.07 Å². The van der Waals surface area contributed by atoms with E-state index in [1.54, 1.807) is 6.07 Å². The van der Waals surface area contributed by atoms with Crippen LogP contribution in [0.15, 0.2) is 18.2 Å². The Morgan fingerprint density at radius 3 is 3.12 bits per heavy atom. The number of nitrogens with one attached hydrogen (secondary N) is 1. The Hall–Kier alpha value is -1.46. The van der Waals surface area contributed by atoms with Crippen LogP contribution in [0.5, 0.6) is 0 Å². The number of hydrogen-bond acceptors (Lipinski definition) is 3. The van der Waals surface area contributed by atoms with E-state index in [1.807, 2.05) is 6.07 Å². The first-order valence-corrected chi connectivity index (χ1v) is 5.76. The predicted octanol–water partition coefficient (Wildman–Crippen LogP) is 1.27. The van der Waals surface area contributed by atoms with Gasteiger partial charge in [-0.05, 0) is 18.6 Å². The molecule has 2 aromatic rings. The van der Waals surface area contributed by atoms with Crippen LogP contribution >= 0.6 is 0 Å². The van der Waals surface area contributed by atoms with E-state index in [0.29, 0.717) is 18.6 Å². The molecule has 1 aliphatic rings. The lowest BCUT2D eigenvalue weighted by Gasteiger charge is -2.12. The van der Waals surface area contributed by atoms with E-state index in [-0.39, 0.29) is 11.9 Å². The van der Waals surface area contributed by atoms with Gasteiger partial charge in [0.25, 0.3) is 0 Å². The molecule has 0 radical (unpaired) electrons. The molecule has 0 amide bonds. The second-order valence-electron chi connectivity index (χ2n) is 4.50. The molecule has 0 aliphatic carbocycles. The van der Waals surface area contributed by atoms with Crippen LogP contribution in [0.3, 0.4) is 0 Å². The van der Waals surface area contributed by atoms with Crippen molar-refractivity contribution in [3.63, 3.8) is 0 Å². The monoisotopic (exact) mass is 235 g/mol. The van der Waals surface area contributed by atoms with E-state index < -0.39 is 0 Å². The highest BCUT2D eigenvalue weighted by molar-refractivity contribution is 5.75. The fraction of sp³-hybridized carbons (Fsp3) is 0.417. The molecule has 1 unspecified atom stereocenters. The first kappa shape index (κ1) is 10.7. The Bertz CT molecular complexity index is 540. The number of β-amino-alcohol motifs (C(OH)–C–C–N with tert-alkyl or cyclic N) is 1. The van der Waals surface area contributed by atoms with Gasteiger partial charge in [-0.1, -0.05) is 6.07 Å². The maximum Gasteiger partial charge on any atom is 0.151 e. The second kappa shape index (κ2) is 4.09. The lowest BCUT2D eigenvalue weighted by molar-refractivity contribution is 0.174. The molecule has 1 aromatic carbocycles. The van der Waals surface area contributed by atoms with Gasteiger partial charge in [-0.25, -0.2) is 9.37 Å². The molecule has 5 heteroatoms. The number of aromatic nitrogens is 2. The van der Waals surface area contributed by atoms with Crippen LogP contribution in [0.2, 0.25) is 0 Å². The number of hydrogen-bond donors (Lipinski definition) is 2. The number of fused-ring (bicyclic) bond motifs is 1. The summed E-state index contributed by atoms with van der Waals surface area (Å²) >= 11 is 0. The molecule has 90 valence electrons. The summed E-state index contributed by atoms with van der Waals surface area (Å²) in [5.41, 5.74) is 1.11. The molecule has 1 atom stereocenters. The summed E-state index contributed by atoms with van der Waals surface area (Å²) < 4.78 is 13.4. The van der Waals surface area contributed by atoms with Crippen LogP contribution in [0, 0.1) is 5.82 Å². The minimum absolute atomic E-state index is 0.240. The Morgan fingerprint density at radius 1 is 1.53 bits per heavy atom. The van der Waals surface area contributed by atoms with Crippen molar-refractivity contribution in [2.75, 3.05) is 13.1 Å². The summed E-state index contributed by atoms with van der Waals surface area (Å²) in [6, 6.07) is 4.89. The molecule has 2 N–H and O–H groups in total. The largest absolute Gasteiger partial charge is 0.392 e. The van der Waals surface area contributed by atoms with E-state index in [4.69, 9.17) is 0 Å². The Balaban J connectivity index is 1.84.